The summed E-state index contributed by atoms with van der Waals surface area (Å²) in [5.74, 6) is 0. The van der Waals surface area contributed by atoms with Gasteiger partial charge in [-0.05, 0) is 34.0 Å². The van der Waals surface area contributed by atoms with Gasteiger partial charge in [-0.1, -0.05) is 0 Å². The van der Waals surface area contributed by atoms with Gasteiger partial charge in [-0.2, -0.15) is 11.3 Å². The molecule has 0 unspecified atom stereocenters. The number of thiophene rings is 1. The van der Waals surface area contributed by atoms with Crippen molar-refractivity contribution in [3.63, 3.8) is 0 Å². The van der Waals surface area contributed by atoms with Crippen molar-refractivity contribution in [3.8, 4) is 0 Å². The van der Waals surface area contributed by atoms with Crippen molar-refractivity contribution in [2.24, 2.45) is 0 Å². The van der Waals surface area contributed by atoms with E-state index in [0.29, 0.717) is 0 Å². The number of halogens is 1. The van der Waals surface area contributed by atoms with Crippen molar-refractivity contribution in [2.45, 2.75) is 0 Å². The summed E-state index contributed by atoms with van der Waals surface area (Å²) in [6.45, 7) is 0. The van der Waals surface area contributed by atoms with Crippen molar-refractivity contribution in [3.05, 3.63) is 20.4 Å². The fourth-order valence-electron chi connectivity index (χ4n) is 0.248. The largest absolute Gasteiger partial charge is 0.151 e. The molecule has 0 atom stereocenters. The molecule has 0 aliphatic heterocycles. The molecule has 0 fully saturated rings. The first-order chi connectivity index (χ1) is 2.89. The Morgan fingerprint density at radius 2 is 2.50 bits per heavy atom. The van der Waals surface area contributed by atoms with Crippen molar-refractivity contribution in [2.75, 3.05) is 0 Å². The van der Waals surface area contributed by atoms with Gasteiger partial charge >= 0.3 is 0 Å². The lowest BCUT2D eigenvalue weighted by Gasteiger charge is -1.62. The highest BCUT2D eigenvalue weighted by Crippen LogP contribution is 2.06. The molecular weight excluding hydrogens is 203 g/mol. The smallest absolute Gasteiger partial charge is 0.0237 e. The average Bonchev–Trinajstić information content (AvgIpc) is 1.86. The van der Waals surface area contributed by atoms with Crippen LogP contribution in [0.15, 0.2) is 16.8 Å². The summed E-state index contributed by atoms with van der Waals surface area (Å²) >= 11 is 4.02. The van der Waals surface area contributed by atoms with Crippen molar-refractivity contribution in [1.82, 2.24) is 0 Å². The summed E-state index contributed by atoms with van der Waals surface area (Å²) in [4.78, 5) is 0. The van der Waals surface area contributed by atoms with Crippen molar-refractivity contribution in [1.29, 1.82) is 0 Å². The molecule has 0 spiro atoms. The third-order valence-electron chi connectivity index (χ3n) is 0.486. The molecule has 0 nitrogen and oxygen atoms in total. The normalized spacial score (nSPS) is 8.83. The van der Waals surface area contributed by atoms with Crippen molar-refractivity contribution < 1.29 is 0 Å². The molecule has 0 aliphatic carbocycles. The maximum Gasteiger partial charge on any atom is 0.0237 e. The molecule has 0 saturated carbocycles. The van der Waals surface area contributed by atoms with E-state index in [1.807, 2.05) is 0 Å². The predicted molar refractivity (Wildman–Crippen MR) is 37.0 cm³/mol. The molecule has 1 aromatic rings. The quantitative estimate of drug-likeness (QED) is 0.571. The van der Waals surface area contributed by atoms with Crippen LogP contribution in [0, 0.1) is 3.57 Å². The van der Waals surface area contributed by atoms with Crippen LogP contribution in [-0.4, -0.2) is 0 Å². The van der Waals surface area contributed by atoms with Gasteiger partial charge in [0.15, 0.2) is 0 Å². The van der Waals surface area contributed by atoms with E-state index in [9.17, 15) is 0 Å². The summed E-state index contributed by atoms with van der Waals surface area (Å²) in [6, 6.07) is 2.09. The fraction of sp³-hybridized carbons (Fsp3) is 0. The molecule has 6 heavy (non-hydrogen) atoms. The average molecular weight is 206 g/mol. The van der Waals surface area contributed by atoms with E-state index in [4.69, 9.17) is 0 Å². The van der Waals surface area contributed by atoms with Crippen LogP contribution in [0.2, 0.25) is 0 Å². The molecule has 1 rings (SSSR count). The van der Waals surface area contributed by atoms with Gasteiger partial charge in [0.25, 0.3) is 0 Å². The van der Waals surface area contributed by atoms with E-state index in [1.165, 1.54) is 3.57 Å². The van der Waals surface area contributed by atoms with Gasteiger partial charge in [-0.15, -0.1) is 0 Å². The first kappa shape index (κ1) is 4.59. The van der Waals surface area contributed by atoms with E-state index in [0.717, 1.165) is 0 Å². The minimum atomic E-state index is 1.33. The molecule has 1 aromatic heterocycles. The first-order valence-electron chi connectivity index (χ1n) is 1.57. The molecule has 0 saturated heterocycles. The molecular formula is C4H3IS. The van der Waals surface area contributed by atoms with E-state index in [-0.39, 0.29) is 0 Å². The third-order valence-corrected chi connectivity index (χ3v) is 2.26. The molecule has 1 heterocycles. The molecule has 0 radical (unpaired) electrons. The summed E-state index contributed by atoms with van der Waals surface area (Å²) in [5.41, 5.74) is 0. The van der Waals surface area contributed by atoms with Crippen LogP contribution in [0.4, 0.5) is 0 Å². The SMILES string of the molecule is [123I]c1ccsc1. The number of hydrogen-bond donors (Lipinski definition) is 0. The van der Waals surface area contributed by atoms with Gasteiger partial charge in [-0.25, -0.2) is 0 Å². The standard InChI is InChI=1S/C4H3IS/c5-4-1-2-6-3-4/h1-3H/i5-4. The van der Waals surface area contributed by atoms with E-state index in [2.05, 4.69) is 39.4 Å². The molecule has 0 bridgehead atoms. The van der Waals surface area contributed by atoms with E-state index in [1.54, 1.807) is 11.3 Å². The minimum absolute atomic E-state index is 1.33. The van der Waals surface area contributed by atoms with Crippen LogP contribution in [0.5, 0.6) is 0 Å². The second-order valence-corrected chi connectivity index (χ2v) is 2.97. The molecule has 0 amide bonds. The molecule has 0 aliphatic rings. The van der Waals surface area contributed by atoms with Crippen LogP contribution in [0.1, 0.15) is 0 Å². The Labute approximate surface area is 54.3 Å². The predicted octanol–water partition coefficient (Wildman–Crippen LogP) is 2.35. The van der Waals surface area contributed by atoms with Crippen LogP contribution in [-0.2, 0) is 0 Å². The highest BCUT2D eigenvalue weighted by Gasteiger charge is 1.76. The Bertz CT molecular complexity index is 111. The second-order valence-electron chi connectivity index (χ2n) is 0.942. The zero-order chi connectivity index (χ0) is 4.41. The first-order valence-corrected chi connectivity index (χ1v) is 3.59. The van der Waals surface area contributed by atoms with Gasteiger partial charge < -0.3 is 0 Å². The summed E-state index contributed by atoms with van der Waals surface area (Å²) < 4.78 is 1.33. The lowest BCUT2D eigenvalue weighted by atomic mass is 10.7. The van der Waals surface area contributed by atoms with Gasteiger partial charge in [-0.3, -0.25) is 0 Å². The van der Waals surface area contributed by atoms with E-state index >= 15 is 0 Å². The van der Waals surface area contributed by atoms with Gasteiger partial charge in [0, 0.05) is 8.95 Å². The van der Waals surface area contributed by atoms with E-state index < -0.39 is 0 Å². The molecule has 0 N–H and O–H groups in total. The lowest BCUT2D eigenvalue weighted by molar-refractivity contribution is 1.89. The Balaban J connectivity index is 3.05. The summed E-state index contributed by atoms with van der Waals surface area (Å²) in [6.07, 6.45) is 0. The Hall–Kier alpha value is 0.430. The van der Waals surface area contributed by atoms with Crippen LogP contribution in [0.25, 0.3) is 0 Å². The fourth-order valence-corrected chi connectivity index (χ4v) is 1.62. The minimum Gasteiger partial charge on any atom is -0.151 e. The summed E-state index contributed by atoms with van der Waals surface area (Å²) in [7, 11) is 0. The second kappa shape index (κ2) is 1.93. The zero-order valence-corrected chi connectivity index (χ0v) is 5.99. The zero-order valence-electron chi connectivity index (χ0n) is 3.02. The third kappa shape index (κ3) is 0.944. The monoisotopic (exact) mass is 206 g/mol. The number of hydrogen-bond acceptors (Lipinski definition) is 1. The van der Waals surface area contributed by atoms with Gasteiger partial charge in [0.05, 0.1) is 0 Å². The highest BCUT2D eigenvalue weighted by molar-refractivity contribution is 14.1. The Morgan fingerprint density at radius 1 is 1.67 bits per heavy atom. The van der Waals surface area contributed by atoms with Crippen LogP contribution < -0.4 is 0 Å². The topological polar surface area (TPSA) is 0 Å². The molecule has 2 heteroatoms. The molecule has 0 aromatic carbocycles. The van der Waals surface area contributed by atoms with Crippen LogP contribution >= 0.6 is 33.9 Å². The van der Waals surface area contributed by atoms with Crippen LogP contribution in [0.3, 0.4) is 0 Å². The lowest BCUT2D eigenvalue weighted by Crippen LogP contribution is -1.43. The highest BCUT2D eigenvalue weighted by atomic mass is 123. The maximum atomic E-state index is 2.29. The van der Waals surface area contributed by atoms with Gasteiger partial charge in [0.2, 0.25) is 0 Å². The molecule has 32 valence electrons. The number of rotatable bonds is 0. The van der Waals surface area contributed by atoms with Crippen molar-refractivity contribution >= 4 is 33.9 Å². The van der Waals surface area contributed by atoms with Gasteiger partial charge in [0.1, 0.15) is 0 Å². The Morgan fingerprint density at radius 3 is 2.67 bits per heavy atom. The Kier molecular flexibility index (Phi) is 1.48. The summed E-state index contributed by atoms with van der Waals surface area (Å²) in [5, 5.41) is 4.18. The maximum absolute atomic E-state index is 2.29.